The van der Waals surface area contributed by atoms with Crippen LogP contribution in [0.4, 0.5) is 5.13 Å². The second kappa shape index (κ2) is 7.23. The van der Waals surface area contributed by atoms with E-state index in [4.69, 9.17) is 4.74 Å². The first-order chi connectivity index (χ1) is 11.7. The standard InChI is InChI=1S/C18H16N2O3S/c1-23-13-8-6-12(7-9-13)15(21)10-11-17(22)20-18-19-14-4-2-3-5-16(14)24-18/h2-9H,10-11H2,1H3,(H,19,20,22). The maximum absolute atomic E-state index is 12.1. The van der Waals surface area contributed by atoms with Gasteiger partial charge in [0, 0.05) is 18.4 Å². The quantitative estimate of drug-likeness (QED) is 0.691. The second-order valence-electron chi connectivity index (χ2n) is 5.19. The summed E-state index contributed by atoms with van der Waals surface area (Å²) in [5, 5.41) is 3.31. The van der Waals surface area contributed by atoms with Crippen LogP contribution in [0.25, 0.3) is 10.2 Å². The van der Waals surface area contributed by atoms with Crippen LogP contribution in [-0.2, 0) is 4.79 Å². The number of aromatic nitrogens is 1. The highest BCUT2D eigenvalue weighted by atomic mass is 32.1. The van der Waals surface area contributed by atoms with Crippen molar-refractivity contribution in [2.75, 3.05) is 12.4 Å². The van der Waals surface area contributed by atoms with E-state index in [1.54, 1.807) is 31.4 Å². The number of ether oxygens (including phenoxy) is 1. The summed E-state index contributed by atoms with van der Waals surface area (Å²) in [4.78, 5) is 28.5. The van der Waals surface area contributed by atoms with Crippen molar-refractivity contribution in [1.82, 2.24) is 4.98 Å². The molecular formula is C18H16N2O3S. The molecule has 0 aliphatic rings. The van der Waals surface area contributed by atoms with Gasteiger partial charge in [-0.2, -0.15) is 0 Å². The van der Waals surface area contributed by atoms with Crippen LogP contribution >= 0.6 is 11.3 Å². The molecule has 2 aromatic carbocycles. The number of hydrogen-bond donors (Lipinski definition) is 1. The minimum Gasteiger partial charge on any atom is -0.497 e. The van der Waals surface area contributed by atoms with Crippen LogP contribution in [0.1, 0.15) is 23.2 Å². The summed E-state index contributed by atoms with van der Waals surface area (Å²) in [6.07, 6.45) is 0.282. The van der Waals surface area contributed by atoms with E-state index in [1.807, 2.05) is 24.3 Å². The Morgan fingerprint density at radius 1 is 1.08 bits per heavy atom. The number of carbonyl (C=O) groups is 2. The van der Waals surface area contributed by atoms with Gasteiger partial charge < -0.3 is 10.1 Å². The molecule has 24 heavy (non-hydrogen) atoms. The van der Waals surface area contributed by atoms with E-state index in [2.05, 4.69) is 10.3 Å². The molecule has 3 rings (SSSR count). The fourth-order valence-electron chi connectivity index (χ4n) is 2.26. The summed E-state index contributed by atoms with van der Waals surface area (Å²) in [7, 11) is 1.57. The van der Waals surface area contributed by atoms with Gasteiger partial charge in [-0.1, -0.05) is 23.5 Å². The lowest BCUT2D eigenvalue weighted by Gasteiger charge is -2.03. The van der Waals surface area contributed by atoms with Crippen LogP contribution < -0.4 is 10.1 Å². The number of fused-ring (bicyclic) bond motifs is 1. The van der Waals surface area contributed by atoms with Crippen molar-refractivity contribution in [3.63, 3.8) is 0 Å². The Labute approximate surface area is 143 Å². The van der Waals surface area contributed by atoms with Gasteiger partial charge in [-0.25, -0.2) is 4.98 Å². The highest BCUT2D eigenvalue weighted by Crippen LogP contribution is 2.25. The predicted octanol–water partition coefficient (Wildman–Crippen LogP) is 3.91. The van der Waals surface area contributed by atoms with Gasteiger partial charge in [-0.3, -0.25) is 9.59 Å². The maximum atomic E-state index is 12.1. The summed E-state index contributed by atoms with van der Waals surface area (Å²) in [6.45, 7) is 0. The van der Waals surface area contributed by atoms with Crippen molar-refractivity contribution >= 4 is 38.4 Å². The Kier molecular flexibility index (Phi) is 4.86. The van der Waals surface area contributed by atoms with Gasteiger partial charge in [0.15, 0.2) is 10.9 Å². The topological polar surface area (TPSA) is 68.3 Å². The summed E-state index contributed by atoms with van der Waals surface area (Å²) in [5.74, 6) is 0.410. The first-order valence-electron chi connectivity index (χ1n) is 7.48. The van der Waals surface area contributed by atoms with E-state index in [1.165, 1.54) is 11.3 Å². The number of benzene rings is 2. The minimum absolute atomic E-state index is 0.0721. The molecule has 5 nitrogen and oxygen atoms in total. The Balaban J connectivity index is 1.55. The predicted molar refractivity (Wildman–Crippen MR) is 94.8 cm³/mol. The number of rotatable bonds is 6. The van der Waals surface area contributed by atoms with Crippen molar-refractivity contribution in [1.29, 1.82) is 0 Å². The molecule has 0 atom stereocenters. The monoisotopic (exact) mass is 340 g/mol. The van der Waals surface area contributed by atoms with E-state index in [0.29, 0.717) is 16.4 Å². The smallest absolute Gasteiger partial charge is 0.226 e. The lowest BCUT2D eigenvalue weighted by Crippen LogP contribution is -2.13. The molecule has 1 amide bonds. The van der Waals surface area contributed by atoms with Crippen LogP contribution in [0.2, 0.25) is 0 Å². The zero-order valence-electron chi connectivity index (χ0n) is 13.1. The number of thiazole rings is 1. The highest BCUT2D eigenvalue weighted by Gasteiger charge is 2.11. The van der Waals surface area contributed by atoms with Gasteiger partial charge in [-0.05, 0) is 36.4 Å². The molecule has 0 saturated heterocycles. The first kappa shape index (κ1) is 16.1. The first-order valence-corrected chi connectivity index (χ1v) is 8.30. The zero-order chi connectivity index (χ0) is 16.9. The molecule has 0 radical (unpaired) electrons. The average molecular weight is 340 g/mol. The second-order valence-corrected chi connectivity index (χ2v) is 6.22. The van der Waals surface area contributed by atoms with Crippen molar-refractivity contribution in [3.05, 3.63) is 54.1 Å². The van der Waals surface area contributed by atoms with Crippen molar-refractivity contribution < 1.29 is 14.3 Å². The molecule has 1 aromatic heterocycles. The van der Waals surface area contributed by atoms with Crippen molar-refractivity contribution in [3.8, 4) is 5.75 Å². The van der Waals surface area contributed by atoms with Gasteiger partial charge in [0.25, 0.3) is 0 Å². The Morgan fingerprint density at radius 2 is 1.83 bits per heavy atom. The molecule has 1 heterocycles. The number of Topliss-reactive ketones (excluding diaryl/α,β-unsaturated/α-hetero) is 1. The zero-order valence-corrected chi connectivity index (χ0v) is 13.9. The van der Waals surface area contributed by atoms with E-state index in [9.17, 15) is 9.59 Å². The third kappa shape index (κ3) is 3.78. The molecule has 0 saturated carbocycles. The van der Waals surface area contributed by atoms with Crippen LogP contribution in [-0.4, -0.2) is 23.8 Å². The summed E-state index contributed by atoms with van der Waals surface area (Å²) in [5.41, 5.74) is 1.43. The van der Waals surface area contributed by atoms with Crippen molar-refractivity contribution in [2.45, 2.75) is 12.8 Å². The third-order valence-corrected chi connectivity index (χ3v) is 4.48. The van der Waals surface area contributed by atoms with Crippen LogP contribution in [0.5, 0.6) is 5.75 Å². The van der Waals surface area contributed by atoms with E-state index in [0.717, 1.165) is 10.2 Å². The van der Waals surface area contributed by atoms with Gasteiger partial charge in [-0.15, -0.1) is 0 Å². The minimum atomic E-state index is -0.212. The number of amides is 1. The molecule has 0 fully saturated rings. The Hall–Kier alpha value is -2.73. The number of ketones is 1. The molecule has 3 aromatic rings. The Bertz CT molecular complexity index is 838. The van der Waals surface area contributed by atoms with Gasteiger partial charge in [0.2, 0.25) is 5.91 Å². The number of nitrogens with zero attached hydrogens (tertiary/aromatic N) is 1. The molecule has 0 unspecified atom stereocenters. The molecular weight excluding hydrogens is 324 g/mol. The van der Waals surface area contributed by atoms with E-state index < -0.39 is 0 Å². The van der Waals surface area contributed by atoms with Crippen LogP contribution in [0.15, 0.2) is 48.5 Å². The lowest BCUT2D eigenvalue weighted by atomic mass is 10.1. The molecule has 6 heteroatoms. The number of methoxy groups -OCH3 is 1. The number of anilines is 1. The van der Waals surface area contributed by atoms with Crippen LogP contribution in [0, 0.1) is 0 Å². The van der Waals surface area contributed by atoms with E-state index >= 15 is 0 Å². The SMILES string of the molecule is COc1ccc(C(=O)CCC(=O)Nc2nc3ccccc3s2)cc1. The number of carbonyl (C=O) groups excluding carboxylic acids is 2. The molecule has 0 bridgehead atoms. The largest absolute Gasteiger partial charge is 0.497 e. The highest BCUT2D eigenvalue weighted by molar-refractivity contribution is 7.22. The fraction of sp³-hybridized carbons (Fsp3) is 0.167. The number of para-hydroxylation sites is 1. The molecule has 0 aliphatic carbocycles. The number of hydrogen-bond acceptors (Lipinski definition) is 5. The van der Waals surface area contributed by atoms with Gasteiger partial charge >= 0.3 is 0 Å². The van der Waals surface area contributed by atoms with E-state index in [-0.39, 0.29) is 24.5 Å². The molecule has 0 aliphatic heterocycles. The van der Waals surface area contributed by atoms with Crippen molar-refractivity contribution in [2.24, 2.45) is 0 Å². The fourth-order valence-corrected chi connectivity index (χ4v) is 3.14. The van der Waals surface area contributed by atoms with Gasteiger partial charge in [0.1, 0.15) is 5.75 Å². The summed E-state index contributed by atoms with van der Waals surface area (Å²) >= 11 is 1.42. The van der Waals surface area contributed by atoms with Crippen LogP contribution in [0.3, 0.4) is 0 Å². The summed E-state index contributed by atoms with van der Waals surface area (Å²) in [6, 6.07) is 14.5. The summed E-state index contributed by atoms with van der Waals surface area (Å²) < 4.78 is 6.07. The lowest BCUT2D eigenvalue weighted by molar-refractivity contribution is -0.116. The maximum Gasteiger partial charge on any atom is 0.226 e. The molecule has 0 spiro atoms. The Morgan fingerprint density at radius 3 is 2.54 bits per heavy atom. The molecule has 122 valence electrons. The van der Waals surface area contributed by atoms with Gasteiger partial charge in [0.05, 0.1) is 17.3 Å². The number of nitrogens with one attached hydrogen (secondary N) is 1. The third-order valence-electron chi connectivity index (χ3n) is 3.53. The average Bonchev–Trinajstić information content (AvgIpc) is 3.02. The normalized spacial score (nSPS) is 10.5. The molecule has 1 N–H and O–H groups in total.